The minimum atomic E-state index is -0.117. The van der Waals surface area contributed by atoms with Gasteiger partial charge in [0.25, 0.3) is 0 Å². The molecule has 2 N–H and O–H groups in total. The smallest absolute Gasteiger partial charge is 0.233 e. The molecular formula is C17H20N4O. The lowest BCUT2D eigenvalue weighted by Crippen LogP contribution is -2.42. The number of hydrogen-bond acceptors (Lipinski definition) is 3. The summed E-state index contributed by atoms with van der Waals surface area (Å²) in [7, 11) is 0. The molecule has 0 saturated carbocycles. The maximum absolute atomic E-state index is 12.9. The van der Waals surface area contributed by atoms with Gasteiger partial charge in [-0.15, -0.1) is 0 Å². The molecule has 5 nitrogen and oxygen atoms in total. The van der Waals surface area contributed by atoms with E-state index in [2.05, 4.69) is 27.6 Å². The van der Waals surface area contributed by atoms with Gasteiger partial charge in [-0.3, -0.25) is 9.89 Å². The maximum Gasteiger partial charge on any atom is 0.233 e. The van der Waals surface area contributed by atoms with Gasteiger partial charge in [-0.1, -0.05) is 12.1 Å². The van der Waals surface area contributed by atoms with Crippen LogP contribution in [0.5, 0.6) is 0 Å². The highest BCUT2D eigenvalue weighted by Crippen LogP contribution is 2.41. The molecule has 2 aromatic rings. The van der Waals surface area contributed by atoms with Crippen LogP contribution in [0.4, 0.5) is 5.69 Å². The number of rotatable bonds is 2. The Hall–Kier alpha value is -2.14. The number of benzene rings is 1. The van der Waals surface area contributed by atoms with Gasteiger partial charge in [-0.05, 0) is 50.0 Å². The average molecular weight is 296 g/mol. The SMILES string of the molecule is O=C1N(c2ccc(-c3cn[nH]c3)cc2)CCC12CCNCC2. The van der Waals surface area contributed by atoms with Crippen molar-refractivity contribution in [1.82, 2.24) is 15.5 Å². The van der Waals surface area contributed by atoms with E-state index >= 15 is 0 Å². The third-order valence-corrected chi connectivity index (χ3v) is 5.08. The van der Waals surface area contributed by atoms with Crippen molar-refractivity contribution in [3.8, 4) is 11.1 Å². The molecule has 0 unspecified atom stereocenters. The summed E-state index contributed by atoms with van der Waals surface area (Å²) in [4.78, 5) is 14.8. The number of piperidine rings is 1. The van der Waals surface area contributed by atoms with E-state index in [1.54, 1.807) is 6.20 Å². The number of carbonyl (C=O) groups is 1. The number of aromatic nitrogens is 2. The molecular weight excluding hydrogens is 276 g/mol. The molecule has 0 atom stereocenters. The predicted octanol–water partition coefficient (Wildman–Crippen LogP) is 2.18. The molecule has 4 rings (SSSR count). The zero-order chi connectivity index (χ0) is 15.0. The Bertz CT molecular complexity index is 656. The second kappa shape index (κ2) is 5.25. The van der Waals surface area contributed by atoms with Crippen LogP contribution in [0.25, 0.3) is 11.1 Å². The summed E-state index contributed by atoms with van der Waals surface area (Å²) in [6.07, 6.45) is 6.60. The summed E-state index contributed by atoms with van der Waals surface area (Å²) in [6.45, 7) is 2.75. The molecule has 1 amide bonds. The summed E-state index contributed by atoms with van der Waals surface area (Å²) in [5.41, 5.74) is 3.07. The van der Waals surface area contributed by atoms with Crippen LogP contribution >= 0.6 is 0 Å². The van der Waals surface area contributed by atoms with E-state index in [-0.39, 0.29) is 5.41 Å². The highest BCUT2D eigenvalue weighted by Gasteiger charge is 2.47. The Balaban J connectivity index is 1.56. The molecule has 22 heavy (non-hydrogen) atoms. The fourth-order valence-corrected chi connectivity index (χ4v) is 3.68. The van der Waals surface area contributed by atoms with Gasteiger partial charge in [-0.25, -0.2) is 0 Å². The summed E-state index contributed by atoms with van der Waals surface area (Å²) < 4.78 is 0. The summed E-state index contributed by atoms with van der Waals surface area (Å²) in [5, 5.41) is 10.1. The molecule has 2 saturated heterocycles. The molecule has 2 aliphatic heterocycles. The van der Waals surface area contributed by atoms with E-state index in [1.807, 2.05) is 23.2 Å². The zero-order valence-electron chi connectivity index (χ0n) is 12.5. The van der Waals surface area contributed by atoms with E-state index in [1.165, 1.54) is 0 Å². The minimum absolute atomic E-state index is 0.117. The van der Waals surface area contributed by atoms with E-state index in [0.717, 1.165) is 55.7 Å². The molecule has 5 heteroatoms. The Morgan fingerprint density at radius 1 is 1.05 bits per heavy atom. The third-order valence-electron chi connectivity index (χ3n) is 5.08. The molecule has 2 aliphatic rings. The number of nitrogens with zero attached hydrogens (tertiary/aromatic N) is 2. The van der Waals surface area contributed by atoms with E-state index in [9.17, 15) is 4.79 Å². The first-order valence-electron chi connectivity index (χ1n) is 7.90. The van der Waals surface area contributed by atoms with Gasteiger partial charge in [0.2, 0.25) is 5.91 Å². The molecule has 0 aliphatic carbocycles. The number of carbonyl (C=O) groups excluding carboxylic acids is 1. The van der Waals surface area contributed by atoms with Crippen molar-refractivity contribution in [1.29, 1.82) is 0 Å². The molecule has 1 aromatic heterocycles. The van der Waals surface area contributed by atoms with Crippen molar-refractivity contribution < 1.29 is 4.79 Å². The normalized spacial score (nSPS) is 20.7. The van der Waals surface area contributed by atoms with Crippen LogP contribution in [0.15, 0.2) is 36.7 Å². The van der Waals surface area contributed by atoms with Crippen molar-refractivity contribution in [3.63, 3.8) is 0 Å². The lowest BCUT2D eigenvalue weighted by molar-refractivity contribution is -0.126. The van der Waals surface area contributed by atoms with Crippen LogP contribution in [-0.4, -0.2) is 35.7 Å². The number of nitrogens with one attached hydrogen (secondary N) is 2. The van der Waals surface area contributed by atoms with Crippen LogP contribution in [0.2, 0.25) is 0 Å². The average Bonchev–Trinajstić information content (AvgIpc) is 3.19. The molecule has 1 spiro atoms. The molecule has 2 fully saturated rings. The Labute approximate surface area is 129 Å². The summed E-state index contributed by atoms with van der Waals surface area (Å²) in [6, 6.07) is 8.20. The third kappa shape index (κ3) is 2.13. The van der Waals surface area contributed by atoms with E-state index < -0.39 is 0 Å². The van der Waals surface area contributed by atoms with Crippen LogP contribution in [0.1, 0.15) is 19.3 Å². The van der Waals surface area contributed by atoms with Gasteiger partial charge in [0.1, 0.15) is 0 Å². The van der Waals surface area contributed by atoms with Crippen LogP contribution in [-0.2, 0) is 4.79 Å². The second-order valence-electron chi connectivity index (χ2n) is 6.27. The van der Waals surface area contributed by atoms with Crippen molar-refractivity contribution in [2.24, 2.45) is 5.41 Å². The number of hydrogen-bond donors (Lipinski definition) is 2. The fourth-order valence-electron chi connectivity index (χ4n) is 3.68. The van der Waals surface area contributed by atoms with Crippen LogP contribution < -0.4 is 10.2 Å². The first-order valence-corrected chi connectivity index (χ1v) is 7.90. The van der Waals surface area contributed by atoms with Crippen molar-refractivity contribution in [2.75, 3.05) is 24.5 Å². The Morgan fingerprint density at radius 2 is 1.82 bits per heavy atom. The Morgan fingerprint density at radius 3 is 2.50 bits per heavy atom. The topological polar surface area (TPSA) is 61.0 Å². The molecule has 114 valence electrons. The standard InChI is InChI=1S/C17H20N4O/c22-16-17(5-8-18-9-6-17)7-10-21(16)15-3-1-13(2-4-15)14-11-19-20-12-14/h1-4,11-12,18H,5-10H2,(H,19,20). The molecule has 3 heterocycles. The minimum Gasteiger partial charge on any atom is -0.317 e. The summed E-state index contributed by atoms with van der Waals surface area (Å²) >= 11 is 0. The highest BCUT2D eigenvalue weighted by molar-refractivity contribution is 6.00. The lowest BCUT2D eigenvalue weighted by atomic mass is 9.78. The number of aromatic amines is 1. The van der Waals surface area contributed by atoms with Crippen LogP contribution in [0.3, 0.4) is 0 Å². The summed E-state index contributed by atoms with van der Waals surface area (Å²) in [5.74, 6) is 0.310. The predicted molar refractivity (Wildman–Crippen MR) is 85.5 cm³/mol. The molecule has 1 aromatic carbocycles. The van der Waals surface area contributed by atoms with Crippen LogP contribution in [0, 0.1) is 5.41 Å². The number of amides is 1. The van der Waals surface area contributed by atoms with E-state index in [4.69, 9.17) is 0 Å². The lowest BCUT2D eigenvalue weighted by Gasteiger charge is -2.32. The monoisotopic (exact) mass is 296 g/mol. The molecule has 0 radical (unpaired) electrons. The van der Waals surface area contributed by atoms with Crippen molar-refractivity contribution in [3.05, 3.63) is 36.7 Å². The van der Waals surface area contributed by atoms with Crippen molar-refractivity contribution >= 4 is 11.6 Å². The Kier molecular flexibility index (Phi) is 3.22. The largest absolute Gasteiger partial charge is 0.317 e. The van der Waals surface area contributed by atoms with Gasteiger partial charge >= 0.3 is 0 Å². The first kappa shape index (κ1) is 13.5. The molecule has 0 bridgehead atoms. The number of anilines is 1. The van der Waals surface area contributed by atoms with Gasteiger partial charge in [-0.2, -0.15) is 5.10 Å². The van der Waals surface area contributed by atoms with Crippen molar-refractivity contribution in [2.45, 2.75) is 19.3 Å². The van der Waals surface area contributed by atoms with Gasteiger partial charge in [0, 0.05) is 24.0 Å². The second-order valence-corrected chi connectivity index (χ2v) is 6.27. The highest BCUT2D eigenvalue weighted by atomic mass is 16.2. The van der Waals surface area contributed by atoms with E-state index in [0.29, 0.717) is 5.91 Å². The maximum atomic E-state index is 12.9. The van der Waals surface area contributed by atoms with Gasteiger partial charge < -0.3 is 10.2 Å². The number of H-pyrrole nitrogens is 1. The van der Waals surface area contributed by atoms with Gasteiger partial charge in [0.05, 0.1) is 11.6 Å². The zero-order valence-corrected chi connectivity index (χ0v) is 12.5. The van der Waals surface area contributed by atoms with Gasteiger partial charge in [0.15, 0.2) is 0 Å². The quantitative estimate of drug-likeness (QED) is 0.893. The first-order chi connectivity index (χ1) is 10.8. The fraction of sp³-hybridized carbons (Fsp3) is 0.412.